The van der Waals surface area contributed by atoms with E-state index in [1.165, 1.54) is 19.3 Å². The number of benzene rings is 1. The maximum absolute atomic E-state index is 11.0. The molecular weight excluding hydrogens is 248 g/mol. The van der Waals surface area contributed by atoms with Crippen LogP contribution >= 0.6 is 0 Å². The number of aryl methyl sites for hydroxylation is 1. The number of aliphatic hydroxyl groups excluding tert-OH is 1. The largest absolute Gasteiger partial charge is 0.461 e. The van der Waals surface area contributed by atoms with Gasteiger partial charge in [-0.25, -0.2) is 0 Å². The molecule has 108 valence electrons. The third-order valence-electron chi connectivity index (χ3n) is 5.01. The molecule has 1 N–H and O–H groups in total. The van der Waals surface area contributed by atoms with Crippen molar-refractivity contribution in [3.8, 4) is 0 Å². The summed E-state index contributed by atoms with van der Waals surface area (Å²) in [6, 6.07) is 8.05. The van der Waals surface area contributed by atoms with Crippen LogP contribution in [0.15, 0.2) is 28.7 Å². The van der Waals surface area contributed by atoms with Crippen LogP contribution < -0.4 is 0 Å². The number of rotatable bonds is 3. The minimum atomic E-state index is -0.385. The highest BCUT2D eigenvalue weighted by Crippen LogP contribution is 2.43. The minimum absolute atomic E-state index is 0.383. The lowest BCUT2D eigenvalue weighted by molar-refractivity contribution is 0.0451. The minimum Gasteiger partial charge on any atom is -0.461 e. The van der Waals surface area contributed by atoms with Gasteiger partial charge in [0.25, 0.3) is 0 Å². The first-order chi connectivity index (χ1) is 9.72. The average Bonchev–Trinajstić information content (AvgIpc) is 2.82. The van der Waals surface area contributed by atoms with Crippen molar-refractivity contribution in [3.63, 3.8) is 0 Å². The van der Waals surface area contributed by atoms with Gasteiger partial charge in [0.15, 0.2) is 0 Å². The molecule has 0 aliphatic heterocycles. The standard InChI is InChI=1S/C18H24O2/c1-3-13-8-4-5-9-14(13)18(19)17-12(2)20-16-11-7-6-10-15(16)17/h6-7,10-11,13-14,18-19H,3-5,8-9H2,1-2H3. The Morgan fingerprint density at radius 2 is 2.00 bits per heavy atom. The second kappa shape index (κ2) is 5.61. The molecule has 1 aromatic carbocycles. The van der Waals surface area contributed by atoms with Crippen molar-refractivity contribution in [1.29, 1.82) is 0 Å². The van der Waals surface area contributed by atoms with E-state index in [9.17, 15) is 5.11 Å². The zero-order valence-electron chi connectivity index (χ0n) is 12.4. The molecule has 1 saturated carbocycles. The molecule has 0 saturated heterocycles. The van der Waals surface area contributed by atoms with E-state index < -0.39 is 0 Å². The van der Waals surface area contributed by atoms with E-state index in [4.69, 9.17) is 4.42 Å². The van der Waals surface area contributed by atoms with Gasteiger partial charge in [0, 0.05) is 10.9 Å². The third kappa shape index (κ3) is 2.26. The number of furan rings is 1. The molecule has 2 nitrogen and oxygen atoms in total. The Balaban J connectivity index is 1.99. The van der Waals surface area contributed by atoms with E-state index in [-0.39, 0.29) is 6.10 Å². The van der Waals surface area contributed by atoms with Crippen molar-refractivity contribution in [2.45, 2.75) is 52.1 Å². The van der Waals surface area contributed by atoms with E-state index in [2.05, 4.69) is 13.0 Å². The van der Waals surface area contributed by atoms with Crippen molar-refractivity contribution in [2.24, 2.45) is 11.8 Å². The SMILES string of the molecule is CCC1CCCCC1C(O)c1c(C)oc2ccccc12. The molecule has 1 aromatic heterocycles. The zero-order chi connectivity index (χ0) is 14.1. The Morgan fingerprint density at radius 1 is 1.25 bits per heavy atom. The molecule has 0 amide bonds. The van der Waals surface area contributed by atoms with E-state index in [1.54, 1.807) is 0 Å². The van der Waals surface area contributed by atoms with Crippen LogP contribution in [0.2, 0.25) is 0 Å². The van der Waals surface area contributed by atoms with Gasteiger partial charge in [-0.3, -0.25) is 0 Å². The van der Waals surface area contributed by atoms with Gasteiger partial charge in [0.1, 0.15) is 11.3 Å². The zero-order valence-corrected chi connectivity index (χ0v) is 12.4. The quantitative estimate of drug-likeness (QED) is 0.853. The fraction of sp³-hybridized carbons (Fsp3) is 0.556. The van der Waals surface area contributed by atoms with E-state index >= 15 is 0 Å². The molecular formula is C18H24O2. The summed E-state index contributed by atoms with van der Waals surface area (Å²) in [5, 5.41) is 12.0. The fourth-order valence-electron chi connectivity index (χ4n) is 3.93. The molecule has 1 heterocycles. The fourth-order valence-corrected chi connectivity index (χ4v) is 3.93. The van der Waals surface area contributed by atoms with E-state index in [0.717, 1.165) is 35.1 Å². The molecule has 0 spiro atoms. The summed E-state index contributed by atoms with van der Waals surface area (Å²) in [5.74, 6) is 1.90. The van der Waals surface area contributed by atoms with Crippen molar-refractivity contribution in [2.75, 3.05) is 0 Å². The lowest BCUT2D eigenvalue weighted by Crippen LogP contribution is -2.25. The molecule has 0 bridgehead atoms. The second-order valence-corrected chi connectivity index (χ2v) is 6.13. The predicted octanol–water partition coefficient (Wildman–Crippen LogP) is 4.99. The van der Waals surface area contributed by atoms with Crippen LogP contribution in [0.5, 0.6) is 0 Å². The van der Waals surface area contributed by atoms with E-state index in [0.29, 0.717) is 11.8 Å². The highest BCUT2D eigenvalue weighted by Gasteiger charge is 2.33. The van der Waals surface area contributed by atoms with E-state index in [1.807, 2.05) is 25.1 Å². The normalized spacial score (nSPS) is 24.9. The number of hydrogen-bond donors (Lipinski definition) is 1. The third-order valence-corrected chi connectivity index (χ3v) is 5.01. The first-order valence-corrected chi connectivity index (χ1v) is 7.88. The number of hydrogen-bond acceptors (Lipinski definition) is 2. The summed E-state index contributed by atoms with van der Waals surface area (Å²) in [4.78, 5) is 0. The second-order valence-electron chi connectivity index (χ2n) is 6.13. The van der Waals surface area contributed by atoms with Gasteiger partial charge in [0.05, 0.1) is 6.10 Å². The molecule has 2 aromatic rings. The van der Waals surface area contributed by atoms with Crippen molar-refractivity contribution < 1.29 is 9.52 Å². The molecule has 2 heteroatoms. The molecule has 1 aliphatic carbocycles. The Hall–Kier alpha value is -1.28. The summed E-state index contributed by atoms with van der Waals surface area (Å²) in [6.45, 7) is 4.22. The summed E-state index contributed by atoms with van der Waals surface area (Å²) < 4.78 is 5.82. The van der Waals surface area contributed by atoms with Crippen LogP contribution in [-0.2, 0) is 0 Å². The van der Waals surface area contributed by atoms with Gasteiger partial charge < -0.3 is 9.52 Å². The summed E-state index contributed by atoms with van der Waals surface area (Å²) in [6.07, 6.45) is 5.73. The molecule has 20 heavy (non-hydrogen) atoms. The number of para-hydroxylation sites is 1. The van der Waals surface area contributed by atoms with Crippen LogP contribution in [0, 0.1) is 18.8 Å². The van der Waals surface area contributed by atoms with Crippen molar-refractivity contribution >= 4 is 11.0 Å². The molecule has 0 radical (unpaired) electrons. The van der Waals surface area contributed by atoms with Crippen LogP contribution in [0.1, 0.15) is 56.5 Å². The van der Waals surface area contributed by atoms with Crippen LogP contribution in [-0.4, -0.2) is 5.11 Å². The maximum atomic E-state index is 11.0. The lowest BCUT2D eigenvalue weighted by atomic mass is 9.73. The molecule has 3 rings (SSSR count). The molecule has 3 atom stereocenters. The van der Waals surface area contributed by atoms with Gasteiger partial charge in [-0.1, -0.05) is 50.8 Å². The van der Waals surface area contributed by atoms with Crippen LogP contribution in [0.3, 0.4) is 0 Å². The van der Waals surface area contributed by atoms with Gasteiger partial charge in [-0.2, -0.15) is 0 Å². The van der Waals surface area contributed by atoms with Crippen molar-refractivity contribution in [1.82, 2.24) is 0 Å². The number of fused-ring (bicyclic) bond motifs is 1. The topological polar surface area (TPSA) is 33.4 Å². The first kappa shape index (κ1) is 13.7. The molecule has 3 unspecified atom stereocenters. The number of aliphatic hydroxyl groups is 1. The van der Waals surface area contributed by atoms with Gasteiger partial charge in [0.2, 0.25) is 0 Å². The Kier molecular flexibility index (Phi) is 3.84. The van der Waals surface area contributed by atoms with Gasteiger partial charge in [-0.15, -0.1) is 0 Å². The van der Waals surface area contributed by atoms with Gasteiger partial charge in [-0.05, 0) is 31.2 Å². The van der Waals surface area contributed by atoms with Crippen LogP contribution in [0.25, 0.3) is 11.0 Å². The van der Waals surface area contributed by atoms with Crippen LogP contribution in [0.4, 0.5) is 0 Å². The predicted molar refractivity (Wildman–Crippen MR) is 81.6 cm³/mol. The smallest absolute Gasteiger partial charge is 0.134 e. The summed E-state index contributed by atoms with van der Waals surface area (Å²) >= 11 is 0. The summed E-state index contributed by atoms with van der Waals surface area (Å²) in [5.41, 5.74) is 1.91. The molecule has 1 aliphatic rings. The Morgan fingerprint density at radius 3 is 2.80 bits per heavy atom. The highest BCUT2D eigenvalue weighted by atomic mass is 16.3. The van der Waals surface area contributed by atoms with Crippen molar-refractivity contribution in [3.05, 3.63) is 35.6 Å². The average molecular weight is 272 g/mol. The van der Waals surface area contributed by atoms with Gasteiger partial charge >= 0.3 is 0 Å². The molecule has 1 fully saturated rings. The Bertz CT molecular complexity index is 584. The first-order valence-electron chi connectivity index (χ1n) is 7.88. The highest BCUT2D eigenvalue weighted by molar-refractivity contribution is 5.82. The maximum Gasteiger partial charge on any atom is 0.134 e. The monoisotopic (exact) mass is 272 g/mol. The Labute approximate surface area is 120 Å². The summed E-state index contributed by atoms with van der Waals surface area (Å²) in [7, 11) is 0. The lowest BCUT2D eigenvalue weighted by Gasteiger charge is -2.34.